The monoisotopic (exact) mass is 415 g/mol. The third-order valence-corrected chi connectivity index (χ3v) is 5.89. The van der Waals surface area contributed by atoms with E-state index in [1.54, 1.807) is 4.68 Å². The van der Waals surface area contributed by atoms with E-state index in [0.717, 1.165) is 67.8 Å². The van der Waals surface area contributed by atoms with Gasteiger partial charge in [-0.25, -0.2) is 4.68 Å². The summed E-state index contributed by atoms with van der Waals surface area (Å²) in [6, 6.07) is 7.72. The van der Waals surface area contributed by atoms with Crippen molar-refractivity contribution >= 4 is 5.97 Å². The minimum Gasteiger partial charge on any atom is -0.490 e. The summed E-state index contributed by atoms with van der Waals surface area (Å²) >= 11 is 0. The molecule has 1 aliphatic carbocycles. The van der Waals surface area contributed by atoms with Gasteiger partial charge in [0, 0.05) is 19.2 Å². The molecule has 1 aliphatic heterocycles. The largest absolute Gasteiger partial charge is 0.490 e. The molecule has 0 spiro atoms. The standard InChI is InChI=1S/C22H29N3O5/c1-25-19(14-29-20-7-2-3-12-28-20)21(23-24-25)15-8-10-17(11-9-15)30-18-6-4-5-16(13-18)22(26)27/h8-11,16,18,20H,2-7,12-14H2,1H3,(H,26,27). The molecule has 1 aromatic carbocycles. The number of aliphatic carboxylic acids is 1. The highest BCUT2D eigenvalue weighted by atomic mass is 16.7. The maximum atomic E-state index is 11.3. The minimum absolute atomic E-state index is 0.0540. The van der Waals surface area contributed by atoms with Gasteiger partial charge in [-0.15, -0.1) is 5.10 Å². The molecule has 1 N–H and O–H groups in total. The summed E-state index contributed by atoms with van der Waals surface area (Å²) in [5.74, 6) is -0.292. The molecule has 0 radical (unpaired) electrons. The number of aryl methyl sites for hydroxylation is 1. The number of carboxylic acids is 1. The van der Waals surface area contributed by atoms with Crippen molar-refractivity contribution in [1.29, 1.82) is 0 Å². The number of carbonyl (C=O) groups is 1. The zero-order valence-electron chi connectivity index (χ0n) is 17.3. The van der Waals surface area contributed by atoms with E-state index in [2.05, 4.69) is 10.3 Å². The van der Waals surface area contributed by atoms with Gasteiger partial charge in [0.1, 0.15) is 11.4 Å². The van der Waals surface area contributed by atoms with Gasteiger partial charge < -0.3 is 19.3 Å². The van der Waals surface area contributed by atoms with E-state index >= 15 is 0 Å². The van der Waals surface area contributed by atoms with Crippen LogP contribution in [0.4, 0.5) is 0 Å². The minimum atomic E-state index is -0.727. The van der Waals surface area contributed by atoms with Gasteiger partial charge in [0.2, 0.25) is 0 Å². The number of hydrogen-bond acceptors (Lipinski definition) is 6. The maximum absolute atomic E-state index is 11.3. The van der Waals surface area contributed by atoms with E-state index in [1.807, 2.05) is 31.3 Å². The summed E-state index contributed by atoms with van der Waals surface area (Å²) in [7, 11) is 1.86. The Morgan fingerprint density at radius 2 is 2.03 bits per heavy atom. The molecule has 0 amide bonds. The fourth-order valence-corrected chi connectivity index (χ4v) is 4.14. The second-order valence-electron chi connectivity index (χ2n) is 8.08. The Morgan fingerprint density at radius 3 is 2.77 bits per heavy atom. The molecule has 3 unspecified atom stereocenters. The molecule has 2 aromatic rings. The van der Waals surface area contributed by atoms with Crippen molar-refractivity contribution in [3.63, 3.8) is 0 Å². The van der Waals surface area contributed by atoms with E-state index in [-0.39, 0.29) is 18.3 Å². The molecule has 162 valence electrons. The first-order chi connectivity index (χ1) is 14.6. The number of aromatic nitrogens is 3. The van der Waals surface area contributed by atoms with E-state index < -0.39 is 5.97 Å². The highest BCUT2D eigenvalue weighted by Gasteiger charge is 2.28. The van der Waals surface area contributed by atoms with E-state index in [9.17, 15) is 9.90 Å². The van der Waals surface area contributed by atoms with Gasteiger partial charge in [0.25, 0.3) is 0 Å². The van der Waals surface area contributed by atoms with Gasteiger partial charge >= 0.3 is 5.97 Å². The molecular formula is C22H29N3O5. The first-order valence-electron chi connectivity index (χ1n) is 10.7. The SMILES string of the molecule is Cn1nnc(-c2ccc(OC3CCCC(C(=O)O)C3)cc2)c1COC1CCCCO1. The Hall–Kier alpha value is -2.45. The Morgan fingerprint density at radius 1 is 1.20 bits per heavy atom. The highest BCUT2D eigenvalue weighted by Crippen LogP contribution is 2.30. The Kier molecular flexibility index (Phi) is 6.64. The van der Waals surface area contributed by atoms with Crippen LogP contribution in [-0.2, 0) is 27.9 Å². The number of nitrogens with zero attached hydrogens (tertiary/aromatic N) is 3. The van der Waals surface area contributed by atoms with Gasteiger partial charge in [-0.05, 0) is 69.2 Å². The molecule has 2 heterocycles. The zero-order chi connectivity index (χ0) is 20.9. The van der Waals surface area contributed by atoms with Crippen LogP contribution >= 0.6 is 0 Å². The van der Waals surface area contributed by atoms with Crippen molar-refractivity contribution in [2.24, 2.45) is 13.0 Å². The van der Waals surface area contributed by atoms with Gasteiger partial charge in [0.05, 0.1) is 24.3 Å². The van der Waals surface area contributed by atoms with Crippen LogP contribution in [0.5, 0.6) is 5.75 Å². The van der Waals surface area contributed by atoms with E-state index in [1.165, 1.54) is 0 Å². The Balaban J connectivity index is 1.39. The number of carboxylic acid groups (broad SMARTS) is 1. The topological polar surface area (TPSA) is 95.7 Å². The molecule has 8 nitrogen and oxygen atoms in total. The van der Waals surface area contributed by atoms with Crippen LogP contribution in [0.25, 0.3) is 11.3 Å². The lowest BCUT2D eigenvalue weighted by Crippen LogP contribution is -2.29. The van der Waals surface area contributed by atoms with Crippen molar-refractivity contribution in [1.82, 2.24) is 15.0 Å². The van der Waals surface area contributed by atoms with Crippen molar-refractivity contribution in [3.8, 4) is 17.0 Å². The second kappa shape index (κ2) is 9.57. The molecule has 1 aromatic heterocycles. The van der Waals surface area contributed by atoms with Gasteiger partial charge in [-0.1, -0.05) is 5.21 Å². The normalized spacial score (nSPS) is 24.5. The molecule has 30 heavy (non-hydrogen) atoms. The van der Waals surface area contributed by atoms with Crippen LogP contribution in [0, 0.1) is 5.92 Å². The van der Waals surface area contributed by atoms with Gasteiger partial charge in [-0.3, -0.25) is 4.79 Å². The van der Waals surface area contributed by atoms with Crippen molar-refractivity contribution in [3.05, 3.63) is 30.0 Å². The Bertz CT molecular complexity index is 845. The number of rotatable bonds is 7. The van der Waals surface area contributed by atoms with Crippen molar-refractivity contribution in [2.45, 2.75) is 63.9 Å². The second-order valence-corrected chi connectivity index (χ2v) is 8.08. The average Bonchev–Trinajstić information content (AvgIpc) is 3.14. The molecule has 3 atom stereocenters. The molecule has 4 rings (SSSR count). The molecular weight excluding hydrogens is 386 g/mol. The summed E-state index contributed by atoms with van der Waals surface area (Å²) in [5, 5.41) is 17.7. The summed E-state index contributed by atoms with van der Waals surface area (Å²) in [6.45, 7) is 1.14. The van der Waals surface area contributed by atoms with E-state index in [4.69, 9.17) is 14.2 Å². The average molecular weight is 415 g/mol. The van der Waals surface area contributed by atoms with Crippen LogP contribution in [0.1, 0.15) is 50.6 Å². The quantitative estimate of drug-likeness (QED) is 0.739. The van der Waals surface area contributed by atoms with Crippen molar-refractivity contribution < 1.29 is 24.1 Å². The summed E-state index contributed by atoms with van der Waals surface area (Å²) in [4.78, 5) is 11.3. The van der Waals surface area contributed by atoms with E-state index in [0.29, 0.717) is 13.0 Å². The first kappa shape index (κ1) is 20.8. The predicted molar refractivity (Wildman–Crippen MR) is 109 cm³/mol. The number of ether oxygens (including phenoxy) is 3. The van der Waals surface area contributed by atoms with Crippen molar-refractivity contribution in [2.75, 3.05) is 6.61 Å². The third-order valence-electron chi connectivity index (χ3n) is 5.89. The molecule has 2 aliphatic rings. The number of hydrogen-bond donors (Lipinski definition) is 1. The molecule has 0 bridgehead atoms. The molecule has 1 saturated heterocycles. The maximum Gasteiger partial charge on any atom is 0.306 e. The molecule has 2 fully saturated rings. The van der Waals surface area contributed by atoms with Gasteiger partial charge in [0.15, 0.2) is 6.29 Å². The van der Waals surface area contributed by atoms with Crippen LogP contribution < -0.4 is 4.74 Å². The molecule has 8 heteroatoms. The number of benzene rings is 1. The lowest BCUT2D eigenvalue weighted by molar-refractivity contribution is -0.169. The lowest BCUT2D eigenvalue weighted by Gasteiger charge is -2.27. The summed E-state index contributed by atoms with van der Waals surface area (Å²) in [6.07, 6.45) is 5.97. The predicted octanol–water partition coefficient (Wildman–Crippen LogP) is 3.55. The van der Waals surface area contributed by atoms with Gasteiger partial charge in [-0.2, -0.15) is 0 Å². The van der Waals surface area contributed by atoms with Crippen LogP contribution in [-0.4, -0.2) is 45.1 Å². The lowest BCUT2D eigenvalue weighted by atomic mass is 9.87. The Labute approximate surface area is 176 Å². The fraction of sp³-hybridized carbons (Fsp3) is 0.591. The van der Waals surface area contributed by atoms with Crippen LogP contribution in [0.15, 0.2) is 24.3 Å². The highest BCUT2D eigenvalue weighted by molar-refractivity contribution is 5.70. The fourth-order valence-electron chi connectivity index (χ4n) is 4.14. The first-order valence-corrected chi connectivity index (χ1v) is 10.7. The third kappa shape index (κ3) is 4.99. The summed E-state index contributed by atoms with van der Waals surface area (Å²) < 4.78 is 19.4. The summed E-state index contributed by atoms with van der Waals surface area (Å²) in [5.41, 5.74) is 2.61. The van der Waals surface area contributed by atoms with Crippen LogP contribution in [0.3, 0.4) is 0 Å². The molecule has 1 saturated carbocycles. The van der Waals surface area contributed by atoms with Crippen LogP contribution in [0.2, 0.25) is 0 Å². The smallest absolute Gasteiger partial charge is 0.306 e. The zero-order valence-corrected chi connectivity index (χ0v) is 17.3.